The molecule has 0 radical (unpaired) electrons. The number of aromatic hydroxyl groups is 1. The maximum Gasteiger partial charge on any atom is 0.289 e. The van der Waals surface area contributed by atoms with Gasteiger partial charge in [0.15, 0.2) is 0 Å². The Balaban J connectivity index is 1.80. The molecule has 0 unspecified atom stereocenters. The first-order valence-electron chi connectivity index (χ1n) is 10.4. The van der Waals surface area contributed by atoms with Crippen molar-refractivity contribution in [3.05, 3.63) is 70.7 Å². The minimum absolute atomic E-state index is 0.234. The Morgan fingerprint density at radius 1 is 1.03 bits per heavy atom. The summed E-state index contributed by atoms with van der Waals surface area (Å²) in [5.74, 6) is -0.500. The number of hydrogen-bond acceptors (Lipinski definition) is 4. The van der Waals surface area contributed by atoms with Crippen molar-refractivity contribution in [2.75, 3.05) is 0 Å². The van der Waals surface area contributed by atoms with Crippen LogP contribution in [0.25, 0.3) is 11.3 Å². The number of rotatable bonds is 4. The largest absolute Gasteiger partial charge is 0.507 e. The minimum Gasteiger partial charge on any atom is -0.507 e. The molecule has 0 fully saturated rings. The molecule has 0 aliphatic heterocycles. The number of carbonyl (C=O) groups is 1. The van der Waals surface area contributed by atoms with Gasteiger partial charge < -0.3 is 5.11 Å². The van der Waals surface area contributed by atoms with Gasteiger partial charge in [0.1, 0.15) is 17.3 Å². The van der Waals surface area contributed by atoms with E-state index in [1.807, 2.05) is 53.7 Å². The van der Waals surface area contributed by atoms with Crippen molar-refractivity contribution in [2.24, 2.45) is 5.10 Å². The molecule has 3 rings (SSSR count). The Morgan fingerprint density at radius 2 is 1.59 bits per heavy atom. The van der Waals surface area contributed by atoms with E-state index in [1.165, 1.54) is 12.1 Å². The molecule has 0 aliphatic carbocycles. The summed E-state index contributed by atoms with van der Waals surface area (Å²) in [6.45, 7) is 12.2. The second-order valence-electron chi connectivity index (χ2n) is 9.84. The van der Waals surface area contributed by atoms with E-state index in [0.29, 0.717) is 11.3 Å². The van der Waals surface area contributed by atoms with Crippen LogP contribution in [0.15, 0.2) is 47.6 Å². The molecule has 1 amide bonds. The Labute approximate surface area is 187 Å². The number of aromatic nitrogens is 2. The first-order valence-corrected chi connectivity index (χ1v) is 10.4. The van der Waals surface area contributed by atoms with Crippen molar-refractivity contribution < 1.29 is 14.3 Å². The van der Waals surface area contributed by atoms with Crippen molar-refractivity contribution in [3.8, 4) is 17.0 Å². The van der Waals surface area contributed by atoms with Gasteiger partial charge >= 0.3 is 0 Å². The van der Waals surface area contributed by atoms with E-state index in [2.05, 4.69) is 20.7 Å². The van der Waals surface area contributed by atoms with Gasteiger partial charge in [0.2, 0.25) is 0 Å². The summed E-state index contributed by atoms with van der Waals surface area (Å²) in [5.41, 5.74) is 5.83. The second-order valence-corrected chi connectivity index (χ2v) is 9.84. The van der Waals surface area contributed by atoms with E-state index in [0.717, 1.165) is 16.7 Å². The van der Waals surface area contributed by atoms with E-state index in [-0.39, 0.29) is 28.1 Å². The third-order valence-corrected chi connectivity index (χ3v) is 5.09. The summed E-state index contributed by atoms with van der Waals surface area (Å²) in [7, 11) is 0. The number of phenolic OH excluding ortho intramolecular Hbond substituents is 1. The fourth-order valence-corrected chi connectivity index (χ4v) is 3.31. The van der Waals surface area contributed by atoms with Gasteiger partial charge in [0.05, 0.1) is 11.9 Å². The molecule has 3 N–H and O–H groups in total. The molecule has 7 heteroatoms. The lowest BCUT2D eigenvalue weighted by Gasteiger charge is -2.27. The van der Waals surface area contributed by atoms with E-state index in [9.17, 15) is 14.3 Å². The van der Waals surface area contributed by atoms with Crippen LogP contribution < -0.4 is 5.43 Å². The van der Waals surface area contributed by atoms with Gasteiger partial charge in [-0.25, -0.2) is 9.82 Å². The van der Waals surface area contributed by atoms with Crippen LogP contribution in [0.2, 0.25) is 0 Å². The third kappa shape index (κ3) is 5.22. The standard InChI is InChI=1S/C25H29FN4O2/c1-24(2,3)18-11-15(12-19(22(18)31)25(4,5)6)14-27-30-23(32)21-13-20(28-29-21)16-7-9-17(26)10-8-16/h7-14,31H,1-6H3,(H,28,29)(H,30,32)/b27-14+. The zero-order valence-corrected chi connectivity index (χ0v) is 19.2. The predicted octanol–water partition coefficient (Wildman–Crippen LogP) is 5.28. The number of benzene rings is 2. The highest BCUT2D eigenvalue weighted by Gasteiger charge is 2.26. The summed E-state index contributed by atoms with van der Waals surface area (Å²) in [4.78, 5) is 12.4. The van der Waals surface area contributed by atoms with E-state index in [1.54, 1.807) is 24.4 Å². The summed E-state index contributed by atoms with van der Waals surface area (Å²) >= 11 is 0. The van der Waals surface area contributed by atoms with Gasteiger partial charge in [-0.05, 0) is 58.9 Å². The Bertz CT molecular complexity index is 1110. The highest BCUT2D eigenvalue weighted by molar-refractivity contribution is 5.94. The summed E-state index contributed by atoms with van der Waals surface area (Å²) in [6, 6.07) is 11.2. The number of amides is 1. The van der Waals surface area contributed by atoms with E-state index < -0.39 is 5.91 Å². The van der Waals surface area contributed by atoms with Crippen molar-refractivity contribution in [1.82, 2.24) is 15.6 Å². The van der Waals surface area contributed by atoms with Crippen LogP contribution in [-0.4, -0.2) is 27.4 Å². The molecular weight excluding hydrogens is 407 g/mol. The first-order chi connectivity index (χ1) is 14.9. The lowest BCUT2D eigenvalue weighted by molar-refractivity contribution is 0.0950. The normalized spacial score (nSPS) is 12.3. The van der Waals surface area contributed by atoms with Crippen molar-refractivity contribution >= 4 is 12.1 Å². The number of hydrazone groups is 1. The molecule has 0 saturated carbocycles. The monoisotopic (exact) mass is 436 g/mol. The zero-order chi connectivity index (χ0) is 23.7. The van der Waals surface area contributed by atoms with Crippen molar-refractivity contribution in [1.29, 1.82) is 0 Å². The van der Waals surface area contributed by atoms with Gasteiger partial charge in [-0.15, -0.1) is 0 Å². The molecule has 3 aromatic rings. The van der Waals surface area contributed by atoms with E-state index in [4.69, 9.17) is 0 Å². The first kappa shape index (κ1) is 23.2. The zero-order valence-electron chi connectivity index (χ0n) is 19.2. The second kappa shape index (κ2) is 8.57. The molecule has 0 atom stereocenters. The molecule has 168 valence electrons. The number of carbonyl (C=O) groups excluding carboxylic acids is 1. The average molecular weight is 437 g/mol. The van der Waals surface area contributed by atoms with Crippen molar-refractivity contribution in [3.63, 3.8) is 0 Å². The predicted molar refractivity (Wildman–Crippen MR) is 125 cm³/mol. The molecule has 0 saturated heterocycles. The molecular formula is C25H29FN4O2. The number of halogens is 1. The molecule has 32 heavy (non-hydrogen) atoms. The minimum atomic E-state index is -0.451. The number of H-pyrrole nitrogens is 1. The maximum absolute atomic E-state index is 13.1. The highest BCUT2D eigenvalue weighted by atomic mass is 19.1. The van der Waals surface area contributed by atoms with Gasteiger partial charge in [-0.2, -0.15) is 10.2 Å². The summed E-state index contributed by atoms with van der Waals surface area (Å²) in [6.07, 6.45) is 1.55. The summed E-state index contributed by atoms with van der Waals surface area (Å²) in [5, 5.41) is 21.7. The fourth-order valence-electron chi connectivity index (χ4n) is 3.31. The van der Waals surface area contributed by atoms with Crippen LogP contribution in [0.5, 0.6) is 5.75 Å². The fraction of sp³-hybridized carbons (Fsp3) is 0.320. The molecule has 1 aromatic heterocycles. The SMILES string of the molecule is CC(C)(C)c1cc(/C=N/NC(=O)c2cc(-c3ccc(F)cc3)n[nH]2)cc(C(C)(C)C)c1O. The molecule has 0 spiro atoms. The lowest BCUT2D eigenvalue weighted by atomic mass is 9.78. The van der Waals surface area contributed by atoms with Crippen LogP contribution in [0.3, 0.4) is 0 Å². The Kier molecular flexibility index (Phi) is 6.21. The third-order valence-electron chi connectivity index (χ3n) is 5.09. The number of phenols is 1. The summed E-state index contributed by atoms with van der Waals surface area (Å²) < 4.78 is 13.1. The van der Waals surface area contributed by atoms with Crippen LogP contribution >= 0.6 is 0 Å². The highest BCUT2D eigenvalue weighted by Crippen LogP contribution is 2.39. The molecule has 2 aromatic carbocycles. The van der Waals surface area contributed by atoms with Crippen LogP contribution in [0.1, 0.15) is 68.7 Å². The molecule has 6 nitrogen and oxygen atoms in total. The van der Waals surface area contributed by atoms with Gasteiger partial charge in [-0.3, -0.25) is 9.89 Å². The smallest absolute Gasteiger partial charge is 0.289 e. The number of nitrogens with one attached hydrogen (secondary N) is 2. The van der Waals surface area contributed by atoms with Crippen LogP contribution in [0, 0.1) is 5.82 Å². The average Bonchev–Trinajstić information content (AvgIpc) is 3.18. The lowest BCUT2D eigenvalue weighted by Crippen LogP contribution is -2.19. The maximum atomic E-state index is 13.1. The molecule has 0 bridgehead atoms. The topological polar surface area (TPSA) is 90.4 Å². The quantitative estimate of drug-likeness (QED) is 0.384. The van der Waals surface area contributed by atoms with Gasteiger partial charge in [-0.1, -0.05) is 41.5 Å². The number of nitrogens with zero attached hydrogens (tertiary/aromatic N) is 2. The van der Waals surface area contributed by atoms with Gasteiger partial charge in [0.25, 0.3) is 5.91 Å². The number of hydrogen-bond donors (Lipinski definition) is 3. The molecule has 1 heterocycles. The Hall–Kier alpha value is -3.48. The van der Waals surface area contributed by atoms with Crippen LogP contribution in [-0.2, 0) is 10.8 Å². The van der Waals surface area contributed by atoms with E-state index >= 15 is 0 Å². The molecule has 0 aliphatic rings. The van der Waals surface area contributed by atoms with Crippen molar-refractivity contribution in [2.45, 2.75) is 52.4 Å². The van der Waals surface area contributed by atoms with Crippen LogP contribution in [0.4, 0.5) is 4.39 Å². The number of aromatic amines is 1. The van der Waals surface area contributed by atoms with Gasteiger partial charge in [0, 0.05) is 16.7 Å². The Morgan fingerprint density at radius 3 is 2.12 bits per heavy atom.